The molecule has 0 saturated carbocycles. The van der Waals surface area contributed by atoms with Crippen molar-refractivity contribution >= 4 is 18.1 Å². The van der Waals surface area contributed by atoms with Gasteiger partial charge in [-0.15, -0.1) is 0 Å². The van der Waals surface area contributed by atoms with E-state index in [2.05, 4.69) is 10.6 Å². The Morgan fingerprint density at radius 1 is 0.939 bits per heavy atom. The second-order valence-electron chi connectivity index (χ2n) is 7.95. The summed E-state index contributed by atoms with van der Waals surface area (Å²) < 4.78 is 22.5. The molecule has 14 heteroatoms. The lowest BCUT2D eigenvalue weighted by atomic mass is 9.94. The van der Waals surface area contributed by atoms with Gasteiger partial charge in [0, 0.05) is 13.8 Å². The van der Waals surface area contributed by atoms with Crippen LogP contribution in [0.4, 0.5) is 0 Å². The molecule has 11 atom stereocenters. The Labute approximate surface area is 189 Å². The number of ether oxygens (including phenoxy) is 4. The summed E-state index contributed by atoms with van der Waals surface area (Å²) in [6, 6.07) is -2.54. The van der Waals surface area contributed by atoms with Crippen molar-refractivity contribution < 1.29 is 58.9 Å². The van der Waals surface area contributed by atoms with Gasteiger partial charge in [0.05, 0.1) is 13.2 Å². The predicted molar refractivity (Wildman–Crippen MR) is 106 cm³/mol. The van der Waals surface area contributed by atoms with Crippen molar-refractivity contribution in [3.05, 3.63) is 0 Å². The molecule has 0 spiro atoms. The lowest BCUT2D eigenvalue weighted by Gasteiger charge is -2.48. The molecule has 14 nitrogen and oxygen atoms in total. The average molecular weight is 480 g/mol. The Balaban J connectivity index is 2.41. The molecule has 33 heavy (non-hydrogen) atoms. The minimum absolute atomic E-state index is 0.469. The number of aliphatic hydroxyl groups excluding tert-OH is 5. The first-order chi connectivity index (χ1) is 15.5. The molecule has 2 heterocycles. The summed E-state index contributed by atoms with van der Waals surface area (Å²) in [5.74, 6) is -1.14. The van der Waals surface area contributed by atoms with E-state index in [-0.39, 0.29) is 0 Å². The number of nitrogens with one attached hydrogen (secondary N) is 2. The van der Waals surface area contributed by atoms with Gasteiger partial charge in [0.2, 0.25) is 11.8 Å². The first kappa shape index (κ1) is 27.5. The van der Waals surface area contributed by atoms with Gasteiger partial charge in [0.25, 0.3) is 0 Å². The highest BCUT2D eigenvalue weighted by Gasteiger charge is 2.52. The zero-order valence-electron chi connectivity index (χ0n) is 18.4. The van der Waals surface area contributed by atoms with Crippen LogP contribution in [0.2, 0.25) is 0 Å². The molecular weight excluding hydrogens is 448 g/mol. The van der Waals surface area contributed by atoms with E-state index in [1.165, 1.54) is 13.8 Å². The SMILES string of the molecule is CC(=O)N[C@@H]1[C@@H](O[C@H](C)C=O)[C@H](O[C@@H]2O[C@H](CO)[C@@H](O)[C@H](O)[C@H]2NC(C)=O)[C@@H](CO)O[C@H]1O. The van der Waals surface area contributed by atoms with Gasteiger partial charge in [0.1, 0.15) is 61.1 Å². The van der Waals surface area contributed by atoms with E-state index in [1.807, 2.05) is 0 Å². The number of hydrogen-bond donors (Lipinski definition) is 7. The summed E-state index contributed by atoms with van der Waals surface area (Å²) in [5, 5.41) is 55.2. The van der Waals surface area contributed by atoms with E-state index in [1.54, 1.807) is 0 Å². The second-order valence-corrected chi connectivity index (χ2v) is 7.95. The quantitative estimate of drug-likeness (QED) is 0.156. The van der Waals surface area contributed by atoms with Crippen LogP contribution in [0.25, 0.3) is 0 Å². The van der Waals surface area contributed by atoms with Crippen LogP contribution in [-0.4, -0.2) is 124 Å². The Morgan fingerprint density at radius 3 is 2.03 bits per heavy atom. The molecule has 7 N–H and O–H groups in total. The third-order valence-electron chi connectivity index (χ3n) is 5.32. The molecule has 0 aliphatic carbocycles. The van der Waals surface area contributed by atoms with Gasteiger partial charge in [-0.2, -0.15) is 0 Å². The fourth-order valence-corrected chi connectivity index (χ4v) is 3.80. The Morgan fingerprint density at radius 2 is 1.52 bits per heavy atom. The van der Waals surface area contributed by atoms with Crippen molar-refractivity contribution in [3.63, 3.8) is 0 Å². The molecule has 0 aromatic heterocycles. The van der Waals surface area contributed by atoms with Crippen LogP contribution in [0.1, 0.15) is 20.8 Å². The molecule has 2 amide bonds. The number of carbonyl (C=O) groups excluding carboxylic acids is 3. The summed E-state index contributed by atoms with van der Waals surface area (Å²) in [6.45, 7) is 2.38. The van der Waals surface area contributed by atoms with E-state index >= 15 is 0 Å². The first-order valence-electron chi connectivity index (χ1n) is 10.4. The Bertz CT molecular complexity index is 681. The fraction of sp³-hybridized carbons (Fsp3) is 0.842. The number of hydrogen-bond acceptors (Lipinski definition) is 12. The molecule has 2 aliphatic heterocycles. The van der Waals surface area contributed by atoms with Crippen LogP contribution in [0.3, 0.4) is 0 Å². The molecular formula is C19H32N2O12. The first-order valence-corrected chi connectivity index (χ1v) is 10.4. The van der Waals surface area contributed by atoms with Gasteiger partial charge >= 0.3 is 0 Å². The van der Waals surface area contributed by atoms with Crippen LogP contribution >= 0.6 is 0 Å². The second kappa shape index (κ2) is 12.1. The molecule has 0 radical (unpaired) electrons. The predicted octanol–water partition coefficient (Wildman–Crippen LogP) is -4.50. The van der Waals surface area contributed by atoms with Crippen molar-refractivity contribution in [1.82, 2.24) is 10.6 Å². The van der Waals surface area contributed by atoms with Gasteiger partial charge in [-0.25, -0.2) is 0 Å². The highest BCUT2D eigenvalue weighted by Crippen LogP contribution is 2.30. The number of amides is 2. The summed E-state index contributed by atoms with van der Waals surface area (Å²) in [6.07, 6.45) is -11.9. The van der Waals surface area contributed by atoms with Crippen LogP contribution in [-0.2, 0) is 33.3 Å². The highest BCUT2D eigenvalue weighted by molar-refractivity contribution is 5.73. The molecule has 0 aromatic carbocycles. The lowest BCUT2D eigenvalue weighted by molar-refractivity contribution is -0.332. The summed E-state index contributed by atoms with van der Waals surface area (Å²) in [4.78, 5) is 34.6. The number of aldehydes is 1. The molecule has 2 fully saturated rings. The molecule has 2 aliphatic rings. The van der Waals surface area contributed by atoms with Crippen molar-refractivity contribution in [2.45, 2.75) is 88.2 Å². The molecule has 2 rings (SSSR count). The van der Waals surface area contributed by atoms with E-state index < -0.39 is 92.4 Å². The molecule has 190 valence electrons. The van der Waals surface area contributed by atoms with Gasteiger partial charge < -0.3 is 59.9 Å². The standard InChI is InChI=1S/C19H32N2O12/c1-7(4-22)30-17-13(21-9(3)26)18(29)31-11(6-24)16(17)33-19-12(20-8(2)25)15(28)14(27)10(5-23)32-19/h4,7,10-19,23-24,27-29H,5-6H2,1-3H3,(H,20,25)(H,21,26)/t7-,10-,11-,12-,13-,14-,15-,16-,17-,18-,19+/m1/s1. The Kier molecular flexibility index (Phi) is 10.1. The zero-order valence-corrected chi connectivity index (χ0v) is 18.4. The maximum atomic E-state index is 11.7. The van der Waals surface area contributed by atoms with Crippen molar-refractivity contribution in [2.24, 2.45) is 0 Å². The van der Waals surface area contributed by atoms with Gasteiger partial charge in [-0.1, -0.05) is 0 Å². The van der Waals surface area contributed by atoms with Gasteiger partial charge in [-0.3, -0.25) is 9.59 Å². The van der Waals surface area contributed by atoms with Crippen molar-refractivity contribution in [2.75, 3.05) is 13.2 Å². The third-order valence-corrected chi connectivity index (χ3v) is 5.32. The van der Waals surface area contributed by atoms with E-state index in [0.717, 1.165) is 6.92 Å². The van der Waals surface area contributed by atoms with Crippen LogP contribution in [0.15, 0.2) is 0 Å². The average Bonchev–Trinajstić information content (AvgIpc) is 2.76. The van der Waals surface area contributed by atoms with Gasteiger partial charge in [-0.05, 0) is 6.92 Å². The normalized spacial score (nSPS) is 40.0. The molecule has 0 unspecified atom stereocenters. The smallest absolute Gasteiger partial charge is 0.217 e. The zero-order chi connectivity index (χ0) is 24.9. The summed E-state index contributed by atoms with van der Waals surface area (Å²) in [7, 11) is 0. The van der Waals surface area contributed by atoms with Crippen molar-refractivity contribution in [3.8, 4) is 0 Å². The van der Waals surface area contributed by atoms with E-state index in [0.29, 0.717) is 6.29 Å². The highest BCUT2D eigenvalue weighted by atomic mass is 16.7. The molecule has 0 bridgehead atoms. The number of aliphatic hydroxyl groups is 5. The lowest BCUT2D eigenvalue weighted by Crippen LogP contribution is -2.69. The monoisotopic (exact) mass is 480 g/mol. The maximum absolute atomic E-state index is 11.7. The van der Waals surface area contributed by atoms with Gasteiger partial charge in [0.15, 0.2) is 12.6 Å². The van der Waals surface area contributed by atoms with E-state index in [4.69, 9.17) is 18.9 Å². The van der Waals surface area contributed by atoms with Crippen LogP contribution in [0, 0.1) is 0 Å². The minimum Gasteiger partial charge on any atom is -0.394 e. The van der Waals surface area contributed by atoms with E-state index in [9.17, 15) is 39.9 Å². The Hall–Kier alpha value is -1.75. The van der Waals surface area contributed by atoms with Crippen molar-refractivity contribution in [1.29, 1.82) is 0 Å². The molecule has 0 aromatic rings. The minimum atomic E-state index is -1.63. The van der Waals surface area contributed by atoms with Crippen LogP contribution in [0.5, 0.6) is 0 Å². The summed E-state index contributed by atoms with van der Waals surface area (Å²) in [5.41, 5.74) is 0. The summed E-state index contributed by atoms with van der Waals surface area (Å²) >= 11 is 0. The number of carbonyl (C=O) groups is 3. The van der Waals surface area contributed by atoms with Crippen LogP contribution < -0.4 is 10.6 Å². The topological polar surface area (TPSA) is 213 Å². The largest absolute Gasteiger partial charge is 0.394 e. The maximum Gasteiger partial charge on any atom is 0.217 e. The third kappa shape index (κ3) is 6.65. The molecule has 2 saturated heterocycles. The number of rotatable bonds is 9. The fourth-order valence-electron chi connectivity index (χ4n) is 3.80.